The van der Waals surface area contributed by atoms with Crippen molar-refractivity contribution in [1.29, 1.82) is 0 Å². The highest BCUT2D eigenvalue weighted by atomic mass is 19.4. The van der Waals surface area contributed by atoms with Crippen molar-refractivity contribution in [3.63, 3.8) is 0 Å². The van der Waals surface area contributed by atoms with Crippen LogP contribution in [-0.4, -0.2) is 26.6 Å². The van der Waals surface area contributed by atoms with Crippen molar-refractivity contribution in [2.24, 2.45) is 0 Å². The van der Waals surface area contributed by atoms with E-state index in [1.165, 1.54) is 0 Å². The zero-order chi connectivity index (χ0) is 17.0. The van der Waals surface area contributed by atoms with E-state index in [9.17, 15) is 35.1 Å². The van der Waals surface area contributed by atoms with E-state index in [1.807, 2.05) is 0 Å². The first-order valence-corrected chi connectivity index (χ1v) is 5.81. The second kappa shape index (κ2) is 7.01. The van der Waals surface area contributed by atoms with Crippen LogP contribution in [0.1, 0.15) is 11.1 Å². The first kappa shape index (κ1) is 18.3. The molecule has 0 fully saturated rings. The van der Waals surface area contributed by atoms with E-state index in [4.69, 9.17) is 0 Å². The van der Waals surface area contributed by atoms with Crippen molar-refractivity contribution in [3.05, 3.63) is 23.3 Å². The van der Waals surface area contributed by atoms with Gasteiger partial charge in [-0.1, -0.05) is 0 Å². The molecule has 0 atom stereocenters. The van der Waals surface area contributed by atoms with E-state index in [2.05, 4.69) is 9.47 Å². The zero-order valence-electron chi connectivity index (χ0n) is 10.8. The fourth-order valence-corrected chi connectivity index (χ4v) is 1.66. The summed E-state index contributed by atoms with van der Waals surface area (Å²) in [6.07, 6.45) is -10.9. The smallest absolute Gasteiger partial charge is 0.420 e. The van der Waals surface area contributed by atoms with Crippen molar-refractivity contribution in [3.8, 4) is 11.5 Å². The van der Waals surface area contributed by atoms with Crippen LogP contribution >= 0.6 is 0 Å². The van der Waals surface area contributed by atoms with E-state index in [0.29, 0.717) is 12.1 Å². The van der Waals surface area contributed by atoms with Gasteiger partial charge in [0, 0.05) is 0 Å². The van der Waals surface area contributed by atoms with Gasteiger partial charge >= 0.3 is 12.4 Å². The molecule has 0 aliphatic heterocycles. The molecule has 0 unspecified atom stereocenters. The molecule has 1 aromatic rings. The number of halogens is 8. The second-order valence-corrected chi connectivity index (χ2v) is 3.88. The first-order chi connectivity index (χ1) is 10.1. The molecule has 0 aliphatic rings. The monoisotopic (exact) mass is 338 g/mol. The number of alkyl halides is 8. The molecule has 22 heavy (non-hydrogen) atoms. The number of hydrogen-bond donors (Lipinski definition) is 0. The van der Waals surface area contributed by atoms with Gasteiger partial charge in [0.1, 0.15) is 49.2 Å². The molecule has 0 amide bonds. The Morgan fingerprint density at radius 1 is 0.682 bits per heavy atom. The summed E-state index contributed by atoms with van der Waals surface area (Å²) >= 11 is 0. The van der Waals surface area contributed by atoms with Crippen molar-refractivity contribution in [1.82, 2.24) is 0 Å². The molecule has 0 heterocycles. The topological polar surface area (TPSA) is 18.5 Å². The Bertz CT molecular complexity index is 450. The van der Waals surface area contributed by atoms with Gasteiger partial charge in [0.15, 0.2) is 0 Å². The number of benzene rings is 1. The average molecular weight is 338 g/mol. The lowest BCUT2D eigenvalue weighted by Crippen LogP contribution is -2.20. The molecular weight excluding hydrogens is 328 g/mol. The highest BCUT2D eigenvalue weighted by molar-refractivity contribution is 5.52. The van der Waals surface area contributed by atoms with Gasteiger partial charge in [0.25, 0.3) is 0 Å². The van der Waals surface area contributed by atoms with E-state index >= 15 is 0 Å². The third-order valence-corrected chi connectivity index (χ3v) is 2.37. The maximum absolute atomic E-state index is 13.0. The van der Waals surface area contributed by atoms with Gasteiger partial charge in [-0.25, -0.2) is 8.78 Å². The van der Waals surface area contributed by atoms with Crippen LogP contribution < -0.4 is 9.47 Å². The summed E-state index contributed by atoms with van der Waals surface area (Å²) in [5.74, 6) is -2.35. The molecule has 0 spiro atoms. The van der Waals surface area contributed by atoms with Crippen LogP contribution in [0.3, 0.4) is 0 Å². The average Bonchev–Trinajstić information content (AvgIpc) is 2.40. The molecule has 0 aromatic heterocycles. The Morgan fingerprint density at radius 3 is 1.23 bits per heavy atom. The predicted molar refractivity (Wildman–Crippen MR) is 59.4 cm³/mol. The SMILES string of the molecule is FCCOc1ccc(OCCF)c(C(F)(F)F)c1C(F)(F)F. The normalized spacial score (nSPS) is 12.4. The van der Waals surface area contributed by atoms with Crippen molar-refractivity contribution in [2.45, 2.75) is 12.4 Å². The molecule has 0 saturated carbocycles. The van der Waals surface area contributed by atoms with Gasteiger partial charge < -0.3 is 9.47 Å². The van der Waals surface area contributed by atoms with Crippen LogP contribution in [0.25, 0.3) is 0 Å². The third kappa shape index (κ3) is 4.38. The van der Waals surface area contributed by atoms with Gasteiger partial charge in [0.2, 0.25) is 0 Å². The molecule has 1 aromatic carbocycles. The van der Waals surface area contributed by atoms with Crippen LogP contribution in [0.4, 0.5) is 35.1 Å². The lowest BCUT2D eigenvalue weighted by molar-refractivity contribution is -0.164. The van der Waals surface area contributed by atoms with Crippen molar-refractivity contribution < 1.29 is 44.6 Å². The van der Waals surface area contributed by atoms with Gasteiger partial charge in [0.05, 0.1) is 0 Å². The van der Waals surface area contributed by atoms with Gasteiger partial charge in [-0.05, 0) is 12.1 Å². The second-order valence-electron chi connectivity index (χ2n) is 3.88. The Morgan fingerprint density at radius 2 is 1.00 bits per heavy atom. The zero-order valence-corrected chi connectivity index (χ0v) is 10.8. The van der Waals surface area contributed by atoms with Crippen LogP contribution in [0.5, 0.6) is 11.5 Å². The van der Waals surface area contributed by atoms with Crippen molar-refractivity contribution >= 4 is 0 Å². The number of rotatable bonds is 6. The summed E-state index contributed by atoms with van der Waals surface area (Å²) in [5.41, 5.74) is -4.27. The number of hydrogen-bond acceptors (Lipinski definition) is 2. The van der Waals surface area contributed by atoms with Crippen molar-refractivity contribution in [2.75, 3.05) is 26.6 Å². The third-order valence-electron chi connectivity index (χ3n) is 2.37. The highest BCUT2D eigenvalue weighted by Gasteiger charge is 2.48. The fraction of sp³-hybridized carbons (Fsp3) is 0.500. The minimum absolute atomic E-state index is 0.571. The lowest BCUT2D eigenvalue weighted by atomic mass is 10.0. The molecule has 126 valence electrons. The molecule has 10 heteroatoms. The summed E-state index contributed by atoms with van der Waals surface area (Å²) in [5, 5.41) is 0. The van der Waals surface area contributed by atoms with Crippen LogP contribution in [0.2, 0.25) is 0 Å². The van der Waals surface area contributed by atoms with E-state index in [0.717, 1.165) is 0 Å². The minimum Gasteiger partial charge on any atom is -0.490 e. The molecule has 1 rings (SSSR count). The van der Waals surface area contributed by atoms with Gasteiger partial charge in [-0.2, -0.15) is 26.3 Å². The summed E-state index contributed by atoms with van der Waals surface area (Å²) in [6.45, 7) is -4.05. The van der Waals surface area contributed by atoms with Crippen LogP contribution in [-0.2, 0) is 12.4 Å². The van der Waals surface area contributed by atoms with Gasteiger partial charge in [-0.3, -0.25) is 0 Å². The molecule has 0 bridgehead atoms. The Kier molecular flexibility index (Phi) is 5.84. The maximum atomic E-state index is 13.0. The maximum Gasteiger partial charge on any atom is 0.420 e. The Labute approximate surface area is 119 Å². The number of ether oxygens (including phenoxy) is 2. The van der Waals surface area contributed by atoms with Gasteiger partial charge in [-0.15, -0.1) is 0 Å². The Balaban J connectivity index is 3.52. The highest BCUT2D eigenvalue weighted by Crippen LogP contribution is 2.49. The first-order valence-electron chi connectivity index (χ1n) is 5.81. The van der Waals surface area contributed by atoms with E-state index in [-0.39, 0.29) is 0 Å². The largest absolute Gasteiger partial charge is 0.490 e. The molecule has 0 radical (unpaired) electrons. The summed E-state index contributed by atoms with van der Waals surface area (Å²) in [7, 11) is 0. The molecule has 2 nitrogen and oxygen atoms in total. The van der Waals surface area contributed by atoms with E-state index < -0.39 is 61.5 Å². The predicted octanol–water partition coefficient (Wildman–Crippen LogP) is 4.42. The standard InChI is InChI=1S/C12H10F8O2/c13-3-5-21-7-1-2-8(22-6-4-14)10(12(18,19)20)9(7)11(15,16)17/h1-2H,3-6H2. The summed E-state index contributed by atoms with van der Waals surface area (Å²) < 4.78 is 111. The van der Waals surface area contributed by atoms with Crippen LogP contribution in [0.15, 0.2) is 12.1 Å². The lowest BCUT2D eigenvalue weighted by Gasteiger charge is -2.21. The molecule has 0 N–H and O–H groups in total. The molecular formula is C12H10F8O2. The minimum atomic E-state index is -5.43. The quantitative estimate of drug-likeness (QED) is 0.715. The molecule has 0 aliphatic carbocycles. The Hall–Kier alpha value is -1.74. The molecule has 0 saturated heterocycles. The summed E-state index contributed by atoms with van der Waals surface area (Å²) in [4.78, 5) is 0. The van der Waals surface area contributed by atoms with Crippen LogP contribution in [0, 0.1) is 0 Å². The fourth-order valence-electron chi connectivity index (χ4n) is 1.66. The van der Waals surface area contributed by atoms with E-state index in [1.54, 1.807) is 0 Å². The summed E-state index contributed by atoms with van der Waals surface area (Å²) in [6, 6.07) is 1.14.